The van der Waals surface area contributed by atoms with Gasteiger partial charge in [-0.25, -0.2) is 19.9 Å². The number of nitrogens with zero attached hydrogens (tertiary/aromatic N) is 7. The quantitative estimate of drug-likeness (QED) is 0.160. The largest absolute Gasteiger partial charge is 0.309 e. The molecular formula is C62H39N7. The van der Waals surface area contributed by atoms with E-state index in [1.165, 1.54) is 21.5 Å². The summed E-state index contributed by atoms with van der Waals surface area (Å²) in [6.07, 6.45) is 3.55. The highest BCUT2D eigenvalue weighted by molar-refractivity contribution is 6.13. The molecule has 0 radical (unpaired) electrons. The molecule has 0 atom stereocenters. The summed E-state index contributed by atoms with van der Waals surface area (Å²) in [6, 6.07) is 79.8. The first-order valence-electron chi connectivity index (χ1n) is 23.2. The summed E-state index contributed by atoms with van der Waals surface area (Å²) < 4.78 is 6.93. The molecule has 0 aliphatic rings. The molecule has 5 aromatic heterocycles. The van der Waals surface area contributed by atoms with Crippen molar-refractivity contribution < 1.29 is 0 Å². The minimum atomic E-state index is 0.685. The molecule has 0 spiro atoms. The first-order valence-corrected chi connectivity index (χ1v) is 23.2. The number of aromatic nitrogens is 7. The lowest BCUT2D eigenvalue weighted by atomic mass is 9.97. The van der Waals surface area contributed by atoms with Crippen LogP contribution >= 0.6 is 0 Å². The zero-order valence-corrected chi connectivity index (χ0v) is 37.1. The van der Waals surface area contributed by atoms with Crippen LogP contribution in [0, 0.1) is 0 Å². The van der Waals surface area contributed by atoms with E-state index in [-0.39, 0.29) is 0 Å². The van der Waals surface area contributed by atoms with Crippen molar-refractivity contribution in [3.8, 4) is 62.1 Å². The first kappa shape index (κ1) is 38.8. The molecule has 0 fully saturated rings. The van der Waals surface area contributed by atoms with Crippen molar-refractivity contribution in [1.82, 2.24) is 33.6 Å². The number of fused-ring (bicyclic) bond motifs is 9. The van der Waals surface area contributed by atoms with Crippen LogP contribution in [0.2, 0.25) is 0 Å². The normalized spacial score (nSPS) is 11.8. The number of hydrogen-bond donors (Lipinski definition) is 0. The van der Waals surface area contributed by atoms with Crippen LogP contribution in [0.3, 0.4) is 0 Å². The van der Waals surface area contributed by atoms with Crippen molar-refractivity contribution in [1.29, 1.82) is 0 Å². The van der Waals surface area contributed by atoms with Gasteiger partial charge in [-0.1, -0.05) is 152 Å². The third-order valence-electron chi connectivity index (χ3n) is 13.6. The summed E-state index contributed by atoms with van der Waals surface area (Å²) in [5.41, 5.74) is 17.1. The molecule has 0 aliphatic heterocycles. The SMILES string of the molecule is c1ccc(-c2cc(-n3c4ccccc4c4ccc(-c5cccc(-c6ccc7c(c6)c6ccccc6n7-c6ccc7c(c6)c6ncncc6n7-c6ccccc6)c5)cc43)nc(-c3ccccc3)n2)cc1. The second-order valence-corrected chi connectivity index (χ2v) is 17.5. The summed E-state index contributed by atoms with van der Waals surface area (Å²) in [5, 5.41) is 5.83. The zero-order chi connectivity index (χ0) is 45.4. The van der Waals surface area contributed by atoms with E-state index in [0.29, 0.717) is 5.82 Å². The van der Waals surface area contributed by atoms with Gasteiger partial charge in [-0.15, -0.1) is 0 Å². The fraction of sp³-hybridized carbons (Fsp3) is 0. The van der Waals surface area contributed by atoms with Crippen LogP contribution < -0.4 is 0 Å². The Morgan fingerprint density at radius 3 is 1.65 bits per heavy atom. The van der Waals surface area contributed by atoms with Gasteiger partial charge in [0.05, 0.1) is 50.5 Å². The van der Waals surface area contributed by atoms with E-state index in [9.17, 15) is 0 Å². The monoisotopic (exact) mass is 881 g/mol. The van der Waals surface area contributed by atoms with Gasteiger partial charge in [-0.3, -0.25) is 4.57 Å². The molecule has 14 rings (SSSR count). The number of benzene rings is 9. The molecule has 0 N–H and O–H groups in total. The molecule has 0 bridgehead atoms. The van der Waals surface area contributed by atoms with Gasteiger partial charge in [0.25, 0.3) is 0 Å². The highest BCUT2D eigenvalue weighted by Gasteiger charge is 2.20. The van der Waals surface area contributed by atoms with Crippen molar-refractivity contribution in [3.63, 3.8) is 0 Å². The Morgan fingerprint density at radius 2 is 0.870 bits per heavy atom. The van der Waals surface area contributed by atoms with Gasteiger partial charge in [-0.05, 0) is 89.0 Å². The Bertz CT molecular complexity index is 4240. The molecule has 69 heavy (non-hydrogen) atoms. The maximum Gasteiger partial charge on any atom is 0.162 e. The highest BCUT2D eigenvalue weighted by Crippen LogP contribution is 2.40. The molecule has 0 aliphatic carbocycles. The fourth-order valence-corrected chi connectivity index (χ4v) is 10.5. The molecule has 0 saturated heterocycles. The van der Waals surface area contributed by atoms with Crippen molar-refractivity contribution in [3.05, 3.63) is 237 Å². The molecule has 322 valence electrons. The first-order chi connectivity index (χ1) is 34.2. The lowest BCUT2D eigenvalue weighted by Gasteiger charge is -2.13. The molecule has 0 amide bonds. The van der Waals surface area contributed by atoms with Crippen LogP contribution in [0.5, 0.6) is 0 Å². The fourth-order valence-electron chi connectivity index (χ4n) is 10.5. The minimum Gasteiger partial charge on any atom is -0.309 e. The van der Waals surface area contributed by atoms with Crippen LogP contribution in [0.1, 0.15) is 0 Å². The molecule has 14 aromatic rings. The van der Waals surface area contributed by atoms with Gasteiger partial charge in [0.2, 0.25) is 0 Å². The van der Waals surface area contributed by atoms with Crippen molar-refractivity contribution in [2.45, 2.75) is 0 Å². The second-order valence-electron chi connectivity index (χ2n) is 17.5. The molecule has 9 aromatic carbocycles. The van der Waals surface area contributed by atoms with Crippen molar-refractivity contribution >= 4 is 65.5 Å². The van der Waals surface area contributed by atoms with E-state index in [2.05, 4.69) is 213 Å². The zero-order valence-electron chi connectivity index (χ0n) is 37.1. The second kappa shape index (κ2) is 15.6. The maximum absolute atomic E-state index is 5.28. The minimum absolute atomic E-state index is 0.685. The van der Waals surface area contributed by atoms with E-state index in [1.807, 2.05) is 36.5 Å². The Kier molecular flexibility index (Phi) is 8.75. The van der Waals surface area contributed by atoms with E-state index in [0.717, 1.165) is 100 Å². The summed E-state index contributed by atoms with van der Waals surface area (Å²) >= 11 is 0. The smallest absolute Gasteiger partial charge is 0.162 e. The van der Waals surface area contributed by atoms with Crippen LogP contribution in [-0.2, 0) is 0 Å². The predicted octanol–water partition coefficient (Wildman–Crippen LogP) is 15.2. The van der Waals surface area contributed by atoms with Crippen molar-refractivity contribution in [2.24, 2.45) is 0 Å². The van der Waals surface area contributed by atoms with Gasteiger partial charge < -0.3 is 9.13 Å². The van der Waals surface area contributed by atoms with Gasteiger partial charge in [0.15, 0.2) is 5.82 Å². The van der Waals surface area contributed by atoms with Crippen LogP contribution in [0.25, 0.3) is 128 Å². The lowest BCUT2D eigenvalue weighted by molar-refractivity contribution is 1.05. The Morgan fingerprint density at radius 1 is 0.304 bits per heavy atom. The summed E-state index contributed by atoms with van der Waals surface area (Å²) in [7, 11) is 0. The van der Waals surface area contributed by atoms with Crippen molar-refractivity contribution in [2.75, 3.05) is 0 Å². The van der Waals surface area contributed by atoms with Crippen LogP contribution in [0.15, 0.2) is 237 Å². The van der Waals surface area contributed by atoms with Gasteiger partial charge >= 0.3 is 0 Å². The topological polar surface area (TPSA) is 66.3 Å². The average molecular weight is 882 g/mol. The van der Waals surface area contributed by atoms with E-state index >= 15 is 0 Å². The van der Waals surface area contributed by atoms with E-state index < -0.39 is 0 Å². The number of para-hydroxylation sites is 3. The molecule has 0 saturated carbocycles. The Hall–Kier alpha value is -9.46. The molecule has 0 unspecified atom stereocenters. The van der Waals surface area contributed by atoms with Gasteiger partial charge in [0.1, 0.15) is 12.1 Å². The Labute approximate surface area is 396 Å². The summed E-state index contributed by atoms with van der Waals surface area (Å²) in [5.74, 6) is 1.50. The molecular weight excluding hydrogens is 843 g/mol. The number of hydrogen-bond acceptors (Lipinski definition) is 4. The number of rotatable bonds is 7. The van der Waals surface area contributed by atoms with Crippen LogP contribution in [-0.4, -0.2) is 33.6 Å². The predicted molar refractivity (Wildman–Crippen MR) is 282 cm³/mol. The summed E-state index contributed by atoms with van der Waals surface area (Å²) in [4.78, 5) is 19.6. The highest BCUT2D eigenvalue weighted by atomic mass is 15.1. The standard InChI is InChI=1S/C62H39N7/c1-4-15-40(16-5-1)53-37-60(66-62(65-53)41-17-6-2-7-18-41)69-55-26-13-10-23-48(55)50-30-27-45(35-58(50)69)43-20-14-19-42(33-43)44-28-31-56-51(34-44)49-24-11-12-25-54(49)68(56)47-29-32-57-52(36-47)61-59(38-63-39-64-61)67(57)46-21-8-3-9-22-46/h1-39H. The summed E-state index contributed by atoms with van der Waals surface area (Å²) in [6.45, 7) is 0. The van der Waals surface area contributed by atoms with Gasteiger partial charge in [0, 0.05) is 55.5 Å². The molecule has 7 heteroatoms. The average Bonchev–Trinajstić information content (AvgIpc) is 4.06. The van der Waals surface area contributed by atoms with Gasteiger partial charge in [-0.2, -0.15) is 0 Å². The lowest BCUT2D eigenvalue weighted by Crippen LogP contribution is -2.02. The van der Waals surface area contributed by atoms with E-state index in [4.69, 9.17) is 15.0 Å². The Balaban J connectivity index is 0.889. The molecule has 5 heterocycles. The maximum atomic E-state index is 5.28. The third-order valence-corrected chi connectivity index (χ3v) is 13.6. The molecule has 7 nitrogen and oxygen atoms in total. The van der Waals surface area contributed by atoms with Crippen LogP contribution in [0.4, 0.5) is 0 Å². The third kappa shape index (κ3) is 6.29. The van der Waals surface area contributed by atoms with E-state index in [1.54, 1.807) is 6.33 Å².